The first-order chi connectivity index (χ1) is 12.9. The number of nitrogens with one attached hydrogen (secondary N) is 1. The fourth-order valence-electron chi connectivity index (χ4n) is 3.17. The molecule has 0 saturated heterocycles. The van der Waals surface area contributed by atoms with Crippen molar-refractivity contribution in [1.82, 2.24) is 5.09 Å². The Morgan fingerprint density at radius 2 is 1.63 bits per heavy atom. The number of rotatable bonds is 8. The molecule has 27 heavy (non-hydrogen) atoms. The Labute approximate surface area is 158 Å². The number of carbonyl (C=O) groups is 1. The van der Waals surface area contributed by atoms with Gasteiger partial charge in [-0.3, -0.25) is 9.36 Å². The molecule has 0 aliphatic heterocycles. The molecular weight excluding hydrogens is 361 g/mol. The van der Waals surface area contributed by atoms with Crippen LogP contribution in [-0.2, 0) is 21.9 Å². The third kappa shape index (κ3) is 5.27. The summed E-state index contributed by atoms with van der Waals surface area (Å²) < 4.78 is 12.5. The largest absolute Gasteiger partial charge is 0.480 e. The smallest absolute Gasteiger partial charge is 0.321 e. The van der Waals surface area contributed by atoms with Crippen LogP contribution in [-0.4, -0.2) is 22.0 Å². The van der Waals surface area contributed by atoms with Gasteiger partial charge in [0.05, 0.1) is 6.16 Å². The van der Waals surface area contributed by atoms with E-state index in [2.05, 4.69) is 5.09 Å². The summed E-state index contributed by atoms with van der Waals surface area (Å²) in [5.41, 5.74) is 1.71. The normalized spacial score (nSPS) is 14.6. The molecule has 2 atom stereocenters. The standard InChI is InChI=1S/C21H22NO4P/c23-21(24)20(22-27(25,26)15-16-7-2-1-3-8-16)14-13-18-11-6-10-17-9-4-5-12-19(17)18/h1-12,20H,13-15H2,(H,23,24)(H2,22,25,26). The number of aryl methyl sites for hydroxylation is 1. The molecule has 0 bridgehead atoms. The Balaban J connectivity index is 1.70. The van der Waals surface area contributed by atoms with Crippen LogP contribution in [0.2, 0.25) is 0 Å². The maximum Gasteiger partial charge on any atom is 0.321 e. The Morgan fingerprint density at radius 1 is 0.963 bits per heavy atom. The summed E-state index contributed by atoms with van der Waals surface area (Å²) in [6.07, 6.45) is 0.616. The summed E-state index contributed by atoms with van der Waals surface area (Å²) in [7, 11) is -3.82. The van der Waals surface area contributed by atoms with Crippen molar-refractivity contribution in [1.29, 1.82) is 0 Å². The van der Waals surface area contributed by atoms with Gasteiger partial charge >= 0.3 is 5.97 Å². The third-order valence-electron chi connectivity index (χ3n) is 4.48. The van der Waals surface area contributed by atoms with Crippen LogP contribution in [0.3, 0.4) is 0 Å². The van der Waals surface area contributed by atoms with Crippen molar-refractivity contribution < 1.29 is 19.4 Å². The molecule has 3 N–H and O–H groups in total. The number of hydrogen-bond donors (Lipinski definition) is 3. The molecule has 2 unspecified atom stereocenters. The minimum atomic E-state index is -3.82. The van der Waals surface area contributed by atoms with E-state index in [-0.39, 0.29) is 12.6 Å². The summed E-state index contributed by atoms with van der Waals surface area (Å²) in [5, 5.41) is 14.1. The second kappa shape index (κ2) is 8.49. The number of benzene rings is 3. The van der Waals surface area contributed by atoms with Gasteiger partial charge in [0.15, 0.2) is 0 Å². The average Bonchev–Trinajstić information content (AvgIpc) is 2.65. The highest BCUT2D eigenvalue weighted by Crippen LogP contribution is 2.40. The van der Waals surface area contributed by atoms with Crippen molar-refractivity contribution >= 4 is 24.3 Å². The molecule has 3 rings (SSSR count). The quantitative estimate of drug-likeness (QED) is 0.508. The molecular formula is C21H22NO4P. The summed E-state index contributed by atoms with van der Waals surface area (Å²) in [5.74, 6) is -1.13. The van der Waals surface area contributed by atoms with Gasteiger partial charge in [0.1, 0.15) is 6.04 Å². The molecule has 0 spiro atoms. The molecule has 0 radical (unpaired) electrons. The SMILES string of the molecule is O=C(O)C(CCc1cccc2ccccc12)NP(=O)(O)Cc1ccccc1. The van der Waals surface area contributed by atoms with Crippen LogP contribution in [0.4, 0.5) is 0 Å². The highest BCUT2D eigenvalue weighted by molar-refractivity contribution is 7.55. The first kappa shape index (κ1) is 19.3. The predicted octanol–water partition coefficient (Wildman–Crippen LogP) is 4.20. The van der Waals surface area contributed by atoms with Gasteiger partial charge in [-0.05, 0) is 34.7 Å². The molecule has 0 aliphatic carbocycles. The van der Waals surface area contributed by atoms with Crippen LogP contribution in [0.5, 0.6) is 0 Å². The van der Waals surface area contributed by atoms with Crippen molar-refractivity contribution in [3.63, 3.8) is 0 Å². The number of aliphatic carboxylic acids is 1. The lowest BCUT2D eigenvalue weighted by molar-refractivity contribution is -0.139. The zero-order valence-corrected chi connectivity index (χ0v) is 15.7. The summed E-state index contributed by atoms with van der Waals surface area (Å²) in [6.45, 7) is 0. The molecule has 0 saturated carbocycles. The molecule has 0 aromatic heterocycles. The molecule has 5 nitrogen and oxygen atoms in total. The second-order valence-corrected chi connectivity index (χ2v) is 8.52. The van der Waals surface area contributed by atoms with Gasteiger partial charge in [-0.1, -0.05) is 72.8 Å². The molecule has 0 heterocycles. The van der Waals surface area contributed by atoms with Gasteiger partial charge in [-0.2, -0.15) is 0 Å². The molecule has 0 aliphatic rings. The minimum Gasteiger partial charge on any atom is -0.480 e. The van der Waals surface area contributed by atoms with Gasteiger partial charge in [0.2, 0.25) is 0 Å². The number of carboxylic acids is 1. The van der Waals surface area contributed by atoms with E-state index in [4.69, 9.17) is 0 Å². The third-order valence-corrected chi connectivity index (χ3v) is 5.99. The van der Waals surface area contributed by atoms with E-state index in [1.807, 2.05) is 48.5 Å². The van der Waals surface area contributed by atoms with Crippen LogP contribution in [0.15, 0.2) is 72.8 Å². The van der Waals surface area contributed by atoms with E-state index in [1.165, 1.54) is 0 Å². The van der Waals surface area contributed by atoms with E-state index in [0.717, 1.165) is 16.3 Å². The number of carboxylic acid groups (broad SMARTS) is 1. The van der Waals surface area contributed by atoms with E-state index < -0.39 is 19.5 Å². The molecule has 0 fully saturated rings. The minimum absolute atomic E-state index is 0.105. The monoisotopic (exact) mass is 383 g/mol. The Bertz CT molecular complexity index is 969. The van der Waals surface area contributed by atoms with Crippen molar-refractivity contribution in [3.8, 4) is 0 Å². The highest BCUT2D eigenvalue weighted by Gasteiger charge is 2.27. The Kier molecular flexibility index (Phi) is 6.07. The van der Waals surface area contributed by atoms with E-state index in [1.54, 1.807) is 24.3 Å². The maximum atomic E-state index is 12.5. The Hall–Kier alpha value is -2.46. The van der Waals surface area contributed by atoms with E-state index in [9.17, 15) is 19.4 Å². The highest BCUT2D eigenvalue weighted by atomic mass is 31.2. The molecule has 3 aromatic carbocycles. The Morgan fingerprint density at radius 3 is 2.37 bits per heavy atom. The van der Waals surface area contributed by atoms with Gasteiger partial charge in [0, 0.05) is 0 Å². The topological polar surface area (TPSA) is 86.6 Å². The molecule has 3 aromatic rings. The van der Waals surface area contributed by atoms with Crippen molar-refractivity contribution in [2.75, 3.05) is 0 Å². The predicted molar refractivity (Wildman–Crippen MR) is 107 cm³/mol. The lowest BCUT2D eigenvalue weighted by Gasteiger charge is -2.20. The van der Waals surface area contributed by atoms with Gasteiger partial charge in [-0.15, -0.1) is 0 Å². The van der Waals surface area contributed by atoms with Gasteiger partial charge in [0.25, 0.3) is 7.52 Å². The fourth-order valence-corrected chi connectivity index (χ4v) is 4.70. The lowest BCUT2D eigenvalue weighted by Crippen LogP contribution is -2.35. The first-order valence-electron chi connectivity index (χ1n) is 8.77. The summed E-state index contributed by atoms with van der Waals surface area (Å²) in [4.78, 5) is 21.9. The molecule has 6 heteroatoms. The van der Waals surface area contributed by atoms with Crippen molar-refractivity contribution in [2.45, 2.75) is 25.0 Å². The van der Waals surface area contributed by atoms with E-state index >= 15 is 0 Å². The molecule has 140 valence electrons. The fraction of sp³-hybridized carbons (Fsp3) is 0.190. The van der Waals surface area contributed by atoms with Crippen LogP contribution in [0, 0.1) is 0 Å². The first-order valence-corrected chi connectivity index (χ1v) is 10.6. The van der Waals surface area contributed by atoms with Crippen molar-refractivity contribution in [2.24, 2.45) is 0 Å². The van der Waals surface area contributed by atoms with Gasteiger partial charge < -0.3 is 10.00 Å². The number of hydrogen-bond acceptors (Lipinski definition) is 2. The van der Waals surface area contributed by atoms with Crippen LogP contribution < -0.4 is 5.09 Å². The van der Waals surface area contributed by atoms with E-state index in [0.29, 0.717) is 12.0 Å². The second-order valence-electron chi connectivity index (χ2n) is 6.54. The van der Waals surface area contributed by atoms with Crippen LogP contribution in [0.1, 0.15) is 17.5 Å². The van der Waals surface area contributed by atoms with Crippen molar-refractivity contribution in [3.05, 3.63) is 83.9 Å². The van der Waals surface area contributed by atoms with Crippen LogP contribution in [0.25, 0.3) is 10.8 Å². The lowest BCUT2D eigenvalue weighted by atomic mass is 9.99. The molecule has 0 amide bonds. The zero-order chi connectivity index (χ0) is 19.3. The van der Waals surface area contributed by atoms with Gasteiger partial charge in [-0.25, -0.2) is 5.09 Å². The van der Waals surface area contributed by atoms with Crippen LogP contribution >= 0.6 is 7.52 Å². The maximum absolute atomic E-state index is 12.5. The number of fused-ring (bicyclic) bond motifs is 1. The summed E-state index contributed by atoms with van der Waals surface area (Å²) in [6, 6.07) is 21.6. The zero-order valence-electron chi connectivity index (χ0n) is 14.8. The average molecular weight is 383 g/mol. The summed E-state index contributed by atoms with van der Waals surface area (Å²) >= 11 is 0.